The second-order valence-electron chi connectivity index (χ2n) is 4.29. The van der Waals surface area contributed by atoms with E-state index in [2.05, 4.69) is 14.7 Å². The number of nitrogens with zero attached hydrogens (tertiary/aromatic N) is 2. The minimum absolute atomic E-state index is 0.0961. The fraction of sp³-hybridized carbons (Fsp3) is 0.333. The average Bonchev–Trinajstić information content (AvgIpc) is 2.87. The van der Waals surface area contributed by atoms with E-state index in [0.717, 1.165) is 0 Å². The van der Waals surface area contributed by atoms with Gasteiger partial charge >= 0.3 is 12.1 Å². The first-order valence-electron chi connectivity index (χ1n) is 5.71. The van der Waals surface area contributed by atoms with Crippen LogP contribution in [0.4, 0.5) is 13.2 Å². The standard InChI is InChI=1S/C12H11F3N2O2S/c1-7(2)20(18)9-5-3-4-8(6-9)10-16-11(19-17-10)12(13,14)15/h3-7H,1-2H3. The SMILES string of the molecule is CC(C)S(=O)c1cccc(-c2noc(C(F)(F)F)n2)c1. The van der Waals surface area contributed by atoms with Crippen molar-refractivity contribution in [2.45, 2.75) is 30.2 Å². The van der Waals surface area contributed by atoms with Crippen molar-refractivity contribution in [1.82, 2.24) is 10.1 Å². The zero-order valence-corrected chi connectivity index (χ0v) is 11.5. The lowest BCUT2D eigenvalue weighted by Crippen LogP contribution is -2.06. The summed E-state index contributed by atoms with van der Waals surface area (Å²) in [6, 6.07) is 6.27. The molecule has 0 bridgehead atoms. The fourth-order valence-corrected chi connectivity index (χ4v) is 2.49. The van der Waals surface area contributed by atoms with Gasteiger partial charge in [-0.2, -0.15) is 18.2 Å². The van der Waals surface area contributed by atoms with Crippen LogP contribution in [0.2, 0.25) is 0 Å². The summed E-state index contributed by atoms with van der Waals surface area (Å²) in [6.07, 6.45) is -4.68. The van der Waals surface area contributed by atoms with E-state index in [0.29, 0.717) is 10.5 Å². The van der Waals surface area contributed by atoms with Gasteiger partial charge in [0.1, 0.15) is 0 Å². The maximum Gasteiger partial charge on any atom is 0.471 e. The summed E-state index contributed by atoms with van der Waals surface area (Å²) in [7, 11) is -1.24. The highest BCUT2D eigenvalue weighted by Crippen LogP contribution is 2.29. The fourth-order valence-electron chi connectivity index (χ4n) is 1.49. The first-order chi connectivity index (χ1) is 9.29. The van der Waals surface area contributed by atoms with Crippen LogP contribution in [0, 0.1) is 0 Å². The predicted octanol–water partition coefficient (Wildman–Crippen LogP) is 3.27. The predicted molar refractivity (Wildman–Crippen MR) is 66.3 cm³/mol. The van der Waals surface area contributed by atoms with Gasteiger partial charge in [-0.25, -0.2) is 0 Å². The van der Waals surface area contributed by atoms with Crippen molar-refractivity contribution in [3.8, 4) is 11.4 Å². The van der Waals surface area contributed by atoms with Crippen LogP contribution in [0.25, 0.3) is 11.4 Å². The summed E-state index contributed by atoms with van der Waals surface area (Å²) in [4.78, 5) is 3.81. The Kier molecular flexibility index (Phi) is 3.94. The number of halogens is 3. The Bertz CT molecular complexity index is 638. The van der Waals surface area contributed by atoms with E-state index in [9.17, 15) is 17.4 Å². The van der Waals surface area contributed by atoms with Crippen LogP contribution in [0.5, 0.6) is 0 Å². The zero-order chi connectivity index (χ0) is 14.9. The lowest BCUT2D eigenvalue weighted by molar-refractivity contribution is -0.159. The van der Waals surface area contributed by atoms with Gasteiger partial charge in [0.15, 0.2) is 0 Å². The summed E-state index contributed by atoms with van der Waals surface area (Å²) in [6.45, 7) is 3.58. The summed E-state index contributed by atoms with van der Waals surface area (Å²) in [5.74, 6) is -1.58. The Morgan fingerprint density at radius 2 is 2.00 bits per heavy atom. The third kappa shape index (κ3) is 3.06. The normalized spacial score (nSPS) is 13.7. The maximum atomic E-state index is 12.4. The Labute approximate surface area is 115 Å². The van der Waals surface area contributed by atoms with Crippen molar-refractivity contribution in [2.75, 3.05) is 0 Å². The highest BCUT2D eigenvalue weighted by Gasteiger charge is 2.38. The molecule has 0 spiro atoms. The molecule has 2 rings (SSSR count). The van der Waals surface area contributed by atoms with Crippen LogP contribution in [0.1, 0.15) is 19.7 Å². The molecular formula is C12H11F3N2O2S. The molecule has 4 nitrogen and oxygen atoms in total. The van der Waals surface area contributed by atoms with Crippen molar-refractivity contribution < 1.29 is 21.9 Å². The quantitative estimate of drug-likeness (QED) is 0.873. The van der Waals surface area contributed by atoms with Crippen LogP contribution < -0.4 is 0 Å². The monoisotopic (exact) mass is 304 g/mol. The highest BCUT2D eigenvalue weighted by molar-refractivity contribution is 7.85. The largest absolute Gasteiger partial charge is 0.471 e. The van der Waals surface area contributed by atoms with Gasteiger partial charge in [0, 0.05) is 15.7 Å². The first kappa shape index (κ1) is 14.7. The van der Waals surface area contributed by atoms with Gasteiger partial charge in [0.25, 0.3) is 0 Å². The molecule has 2 aromatic rings. The number of hydrogen-bond donors (Lipinski definition) is 0. The molecule has 0 radical (unpaired) electrons. The first-order valence-corrected chi connectivity index (χ1v) is 6.92. The molecule has 0 aliphatic rings. The minimum Gasteiger partial charge on any atom is -0.329 e. The van der Waals surface area contributed by atoms with E-state index in [1.54, 1.807) is 26.0 Å². The molecule has 1 heterocycles. The molecule has 1 unspecified atom stereocenters. The number of alkyl halides is 3. The third-order valence-electron chi connectivity index (χ3n) is 2.42. The van der Waals surface area contributed by atoms with Crippen LogP contribution in [-0.2, 0) is 17.0 Å². The maximum absolute atomic E-state index is 12.4. The Morgan fingerprint density at radius 3 is 2.55 bits per heavy atom. The zero-order valence-electron chi connectivity index (χ0n) is 10.6. The van der Waals surface area contributed by atoms with Gasteiger partial charge in [-0.1, -0.05) is 31.1 Å². The van der Waals surface area contributed by atoms with E-state index in [1.807, 2.05) is 0 Å². The molecule has 0 amide bonds. The van der Waals surface area contributed by atoms with Crippen molar-refractivity contribution in [3.63, 3.8) is 0 Å². The second kappa shape index (κ2) is 5.35. The van der Waals surface area contributed by atoms with Gasteiger partial charge < -0.3 is 4.52 Å². The van der Waals surface area contributed by atoms with E-state index in [4.69, 9.17) is 0 Å². The lowest BCUT2D eigenvalue weighted by atomic mass is 10.2. The summed E-state index contributed by atoms with van der Waals surface area (Å²) >= 11 is 0. The van der Waals surface area contributed by atoms with Crippen LogP contribution in [-0.4, -0.2) is 19.6 Å². The van der Waals surface area contributed by atoms with Crippen molar-refractivity contribution in [1.29, 1.82) is 0 Å². The molecule has 1 aromatic heterocycles. The average molecular weight is 304 g/mol. The van der Waals surface area contributed by atoms with Gasteiger partial charge in [-0.15, -0.1) is 0 Å². The molecule has 20 heavy (non-hydrogen) atoms. The number of benzene rings is 1. The highest BCUT2D eigenvalue weighted by atomic mass is 32.2. The van der Waals surface area contributed by atoms with Gasteiger partial charge in [0.05, 0.1) is 10.8 Å². The topological polar surface area (TPSA) is 56.0 Å². The molecule has 1 atom stereocenters. The van der Waals surface area contributed by atoms with Crippen LogP contribution in [0.15, 0.2) is 33.7 Å². The lowest BCUT2D eigenvalue weighted by Gasteiger charge is -2.06. The van der Waals surface area contributed by atoms with Crippen molar-refractivity contribution in [2.24, 2.45) is 0 Å². The van der Waals surface area contributed by atoms with Gasteiger partial charge in [-0.05, 0) is 12.1 Å². The molecule has 0 N–H and O–H groups in total. The molecular weight excluding hydrogens is 293 g/mol. The summed E-state index contributed by atoms with van der Waals surface area (Å²) in [5.41, 5.74) is 0.329. The minimum atomic E-state index is -4.68. The molecule has 0 fully saturated rings. The molecule has 0 saturated heterocycles. The van der Waals surface area contributed by atoms with Gasteiger partial charge in [-0.3, -0.25) is 4.21 Å². The number of aromatic nitrogens is 2. The summed E-state index contributed by atoms with van der Waals surface area (Å²) in [5, 5.41) is 3.20. The molecule has 1 aromatic carbocycles. The molecule has 0 aliphatic carbocycles. The Morgan fingerprint density at radius 1 is 1.30 bits per heavy atom. The van der Waals surface area contributed by atoms with Crippen LogP contribution >= 0.6 is 0 Å². The molecule has 0 aliphatic heterocycles. The number of hydrogen-bond acceptors (Lipinski definition) is 4. The Hall–Kier alpha value is -1.70. The second-order valence-corrected chi connectivity index (χ2v) is 6.30. The number of rotatable bonds is 3. The van der Waals surface area contributed by atoms with E-state index >= 15 is 0 Å². The molecule has 8 heteroatoms. The smallest absolute Gasteiger partial charge is 0.329 e. The summed E-state index contributed by atoms with van der Waals surface area (Å²) < 4.78 is 53.3. The van der Waals surface area contributed by atoms with E-state index < -0.39 is 22.9 Å². The van der Waals surface area contributed by atoms with E-state index in [1.165, 1.54) is 12.1 Å². The van der Waals surface area contributed by atoms with Crippen molar-refractivity contribution in [3.05, 3.63) is 30.2 Å². The van der Waals surface area contributed by atoms with Gasteiger partial charge in [0.2, 0.25) is 5.82 Å². The van der Waals surface area contributed by atoms with Crippen LogP contribution in [0.3, 0.4) is 0 Å². The molecule has 108 valence electrons. The van der Waals surface area contributed by atoms with E-state index in [-0.39, 0.29) is 11.1 Å². The molecule has 0 saturated carbocycles. The third-order valence-corrected chi connectivity index (χ3v) is 4.00. The van der Waals surface area contributed by atoms with Crippen molar-refractivity contribution >= 4 is 10.8 Å². The Balaban J connectivity index is 2.37.